The molecule has 0 bridgehead atoms. The van der Waals surface area contributed by atoms with Gasteiger partial charge in [0, 0.05) is 42.5 Å². The number of hydrogen-bond acceptors (Lipinski definition) is 6. The molecular weight excluding hydrogens is 659 g/mol. The molecule has 10 nitrogen and oxygen atoms in total. The molecule has 0 spiro atoms. The van der Waals surface area contributed by atoms with Crippen molar-refractivity contribution in [3.05, 3.63) is 106 Å². The zero-order valence-corrected chi connectivity index (χ0v) is 29.3. The molecule has 258 valence electrons. The second-order valence-electron chi connectivity index (χ2n) is 13.8. The van der Waals surface area contributed by atoms with Crippen molar-refractivity contribution in [2.45, 2.75) is 70.3 Å². The molecule has 2 aromatic heterocycles. The largest absolute Gasteiger partial charge is 0.322 e. The van der Waals surface area contributed by atoms with Gasteiger partial charge in [-0.1, -0.05) is 36.6 Å². The lowest BCUT2D eigenvalue weighted by atomic mass is 9.86. The lowest BCUT2D eigenvalue weighted by Crippen LogP contribution is -2.41. The molecule has 3 aliphatic rings. The molecule has 0 saturated heterocycles. The molecule has 4 aromatic rings. The molecule has 0 radical (unpaired) electrons. The Balaban J connectivity index is 0.000000175. The monoisotopic (exact) mass is 696 g/mol. The minimum atomic E-state index is -0.667. The third-order valence-electron chi connectivity index (χ3n) is 9.75. The molecule has 12 heteroatoms. The van der Waals surface area contributed by atoms with Gasteiger partial charge < -0.3 is 20.4 Å². The molecule has 0 unspecified atom stereocenters. The molecule has 2 aromatic carbocycles. The Morgan fingerprint density at radius 2 is 1.44 bits per heavy atom. The summed E-state index contributed by atoms with van der Waals surface area (Å²) in [6, 6.07) is 15.8. The van der Waals surface area contributed by atoms with Crippen LogP contribution in [0.2, 0.25) is 5.02 Å². The predicted molar refractivity (Wildman–Crippen MR) is 191 cm³/mol. The Bertz CT molecular complexity index is 2030. The molecule has 1 fully saturated rings. The van der Waals surface area contributed by atoms with Crippen molar-refractivity contribution in [3.63, 3.8) is 0 Å². The number of fused-ring (bicyclic) bond motifs is 2. The Kier molecular flexibility index (Phi) is 9.21. The Labute approximate surface area is 295 Å². The summed E-state index contributed by atoms with van der Waals surface area (Å²) in [5.41, 5.74) is 3.65. The van der Waals surface area contributed by atoms with Crippen LogP contribution in [0.25, 0.3) is 0 Å². The molecule has 1 aliphatic carbocycles. The summed E-state index contributed by atoms with van der Waals surface area (Å²) in [4.78, 5) is 61.2. The van der Waals surface area contributed by atoms with E-state index < -0.39 is 22.6 Å². The molecule has 0 atom stereocenters. The quantitative estimate of drug-likeness (QED) is 0.226. The van der Waals surface area contributed by atoms with Crippen LogP contribution in [-0.4, -0.2) is 46.7 Å². The van der Waals surface area contributed by atoms with Crippen molar-refractivity contribution < 1.29 is 23.6 Å². The van der Waals surface area contributed by atoms with E-state index in [0.29, 0.717) is 16.4 Å². The van der Waals surface area contributed by atoms with E-state index in [9.17, 15) is 23.6 Å². The first kappa shape index (κ1) is 34.7. The highest BCUT2D eigenvalue weighted by Crippen LogP contribution is 2.46. The number of nitrogens with zero attached hydrogens (tertiary/aromatic N) is 4. The van der Waals surface area contributed by atoms with Gasteiger partial charge in [-0.15, -0.1) is 0 Å². The summed E-state index contributed by atoms with van der Waals surface area (Å²) in [5.74, 6) is -1.45. The first-order chi connectivity index (χ1) is 23.7. The van der Waals surface area contributed by atoms with E-state index in [2.05, 4.69) is 20.6 Å². The zero-order valence-electron chi connectivity index (χ0n) is 28.5. The van der Waals surface area contributed by atoms with Crippen LogP contribution in [0.3, 0.4) is 0 Å². The number of halogens is 2. The fourth-order valence-electron chi connectivity index (χ4n) is 6.95. The van der Waals surface area contributed by atoms with Crippen molar-refractivity contribution in [1.82, 2.24) is 9.97 Å². The van der Waals surface area contributed by atoms with Crippen molar-refractivity contribution in [2.75, 3.05) is 27.5 Å². The van der Waals surface area contributed by atoms with Gasteiger partial charge in [0.2, 0.25) is 11.8 Å². The van der Waals surface area contributed by atoms with Gasteiger partial charge in [-0.2, -0.15) is 0 Å². The SMILES string of the molecule is CC1(C)C(=O)N(C2CCCC2)c2cc(NC(=O)c3ccncc3F)ccc21.CN1C(=O)C(C)(C)c2ccc(NC(=O)c3ncccc3Cl)cc21. The van der Waals surface area contributed by atoms with Gasteiger partial charge in [0.15, 0.2) is 5.82 Å². The fourth-order valence-corrected chi connectivity index (χ4v) is 7.16. The number of nitrogens with one attached hydrogen (secondary N) is 2. The Hall–Kier alpha value is -5.16. The number of anilines is 4. The van der Waals surface area contributed by atoms with E-state index in [0.717, 1.165) is 54.4 Å². The molecule has 1 saturated carbocycles. The molecule has 4 amide bonds. The third kappa shape index (κ3) is 6.22. The summed E-state index contributed by atoms with van der Waals surface area (Å²) < 4.78 is 13.8. The van der Waals surface area contributed by atoms with Crippen LogP contribution in [0.4, 0.5) is 27.1 Å². The van der Waals surface area contributed by atoms with Gasteiger partial charge in [0.05, 0.1) is 33.3 Å². The molecular formula is C38H38ClFN6O4. The number of carbonyl (C=O) groups is 4. The third-order valence-corrected chi connectivity index (χ3v) is 10.1. The number of aromatic nitrogens is 2. The maximum atomic E-state index is 13.8. The van der Waals surface area contributed by atoms with Gasteiger partial charge in [-0.3, -0.25) is 24.2 Å². The Morgan fingerprint density at radius 1 is 0.840 bits per heavy atom. The highest BCUT2D eigenvalue weighted by molar-refractivity contribution is 6.34. The normalized spacial score (nSPS) is 17.2. The Morgan fingerprint density at radius 3 is 2.08 bits per heavy atom. The molecule has 4 heterocycles. The number of carbonyl (C=O) groups excluding carboxylic acids is 4. The van der Waals surface area contributed by atoms with Crippen molar-refractivity contribution in [1.29, 1.82) is 0 Å². The average molecular weight is 697 g/mol. The van der Waals surface area contributed by atoms with Gasteiger partial charge in [0.1, 0.15) is 5.69 Å². The summed E-state index contributed by atoms with van der Waals surface area (Å²) in [5, 5.41) is 5.80. The van der Waals surface area contributed by atoms with Crippen LogP contribution < -0.4 is 20.4 Å². The highest BCUT2D eigenvalue weighted by atomic mass is 35.5. The van der Waals surface area contributed by atoms with Crippen LogP contribution in [0, 0.1) is 5.82 Å². The standard InChI is InChI=1S/C21H22FN3O2.C17H16ClN3O2/c1-21(2)16-8-7-13(24-19(26)15-9-10-23-12-17(15)22)11-18(16)25(20(21)27)14-5-3-4-6-14;1-17(2)11-7-6-10(9-13(11)21(3)16(17)23)20-15(22)14-12(18)5-4-8-19-14/h7-12,14H,3-6H2,1-2H3,(H,24,26);4-9H,1-3H3,(H,20,22). The number of likely N-dealkylation sites (N-methyl/N-ethyl adjacent to an activating group) is 1. The van der Waals surface area contributed by atoms with E-state index in [1.807, 2.05) is 50.8 Å². The summed E-state index contributed by atoms with van der Waals surface area (Å²) >= 11 is 5.98. The second kappa shape index (κ2) is 13.3. The first-order valence-corrected chi connectivity index (χ1v) is 16.8. The lowest BCUT2D eigenvalue weighted by Gasteiger charge is -2.26. The van der Waals surface area contributed by atoms with E-state index in [1.54, 1.807) is 42.3 Å². The van der Waals surface area contributed by atoms with Gasteiger partial charge >= 0.3 is 0 Å². The van der Waals surface area contributed by atoms with Gasteiger partial charge in [-0.25, -0.2) is 9.37 Å². The molecule has 7 rings (SSSR count). The number of rotatable bonds is 5. The topological polar surface area (TPSA) is 125 Å². The second-order valence-corrected chi connectivity index (χ2v) is 14.2. The summed E-state index contributed by atoms with van der Waals surface area (Å²) in [6.07, 6.45) is 8.16. The minimum absolute atomic E-state index is 0.0312. The van der Waals surface area contributed by atoms with E-state index in [4.69, 9.17) is 11.6 Å². The smallest absolute Gasteiger partial charge is 0.275 e. The van der Waals surface area contributed by atoms with Crippen molar-refractivity contribution in [3.8, 4) is 0 Å². The number of amides is 4. The highest BCUT2D eigenvalue weighted by Gasteiger charge is 2.47. The number of benzene rings is 2. The number of hydrogen-bond donors (Lipinski definition) is 2. The van der Waals surface area contributed by atoms with Crippen LogP contribution in [0.15, 0.2) is 73.2 Å². The summed E-state index contributed by atoms with van der Waals surface area (Å²) in [6.45, 7) is 7.66. The van der Waals surface area contributed by atoms with Crippen LogP contribution >= 0.6 is 11.6 Å². The van der Waals surface area contributed by atoms with Crippen molar-refractivity contribution in [2.24, 2.45) is 0 Å². The molecule has 50 heavy (non-hydrogen) atoms. The van der Waals surface area contributed by atoms with Gasteiger partial charge in [-0.05, 0) is 94.1 Å². The zero-order chi connectivity index (χ0) is 36.0. The van der Waals surface area contributed by atoms with Gasteiger partial charge in [0.25, 0.3) is 11.8 Å². The average Bonchev–Trinajstić information content (AvgIpc) is 3.72. The minimum Gasteiger partial charge on any atom is -0.322 e. The van der Waals surface area contributed by atoms with Crippen LogP contribution in [-0.2, 0) is 20.4 Å². The molecule has 2 aliphatic heterocycles. The van der Waals surface area contributed by atoms with E-state index in [-0.39, 0.29) is 35.0 Å². The van der Waals surface area contributed by atoms with Crippen LogP contribution in [0.5, 0.6) is 0 Å². The maximum Gasteiger partial charge on any atom is 0.275 e. The van der Waals surface area contributed by atoms with E-state index >= 15 is 0 Å². The lowest BCUT2D eigenvalue weighted by molar-refractivity contribution is -0.123. The van der Waals surface area contributed by atoms with Crippen molar-refractivity contribution >= 4 is 58.0 Å². The van der Waals surface area contributed by atoms with E-state index in [1.165, 1.54) is 18.5 Å². The fraction of sp³-hybridized carbons (Fsp3) is 0.316. The first-order valence-electron chi connectivity index (χ1n) is 16.5. The number of pyridine rings is 2. The predicted octanol–water partition coefficient (Wildman–Crippen LogP) is 7.28. The van der Waals surface area contributed by atoms with Crippen LogP contribution in [0.1, 0.15) is 85.4 Å². The maximum absolute atomic E-state index is 13.8. The molecule has 2 N–H and O–H groups in total. The summed E-state index contributed by atoms with van der Waals surface area (Å²) in [7, 11) is 1.73.